The second-order valence-corrected chi connectivity index (χ2v) is 3.61. The van der Waals surface area contributed by atoms with Crippen LogP contribution in [0.1, 0.15) is 19.8 Å². The monoisotopic (exact) mass is 244 g/mol. The van der Waals surface area contributed by atoms with Crippen molar-refractivity contribution in [2.45, 2.75) is 32.1 Å². The highest BCUT2D eigenvalue weighted by molar-refractivity contribution is 5.32. The van der Waals surface area contributed by atoms with Crippen LogP contribution in [0.4, 0.5) is 26.3 Å². The molecule has 0 aromatic heterocycles. The zero-order valence-corrected chi connectivity index (χ0v) is 8.41. The quantitative estimate of drug-likeness (QED) is 0.600. The van der Waals surface area contributed by atoms with Crippen LogP contribution in [0.3, 0.4) is 0 Å². The topological polar surface area (TPSA) is 0 Å². The van der Waals surface area contributed by atoms with E-state index in [1.54, 1.807) is 0 Å². The van der Waals surface area contributed by atoms with Crippen LogP contribution in [0.5, 0.6) is 0 Å². The standard InChI is InChI=1S/C10H10F6/c1-2-6-3-7(9(11,12)13)5-8(4-6)10(14,15)16/h3-4,7H,2,5H2,1H3. The molecule has 0 bridgehead atoms. The molecule has 0 saturated carbocycles. The summed E-state index contributed by atoms with van der Waals surface area (Å²) in [5.41, 5.74) is -1.02. The molecule has 0 spiro atoms. The van der Waals surface area contributed by atoms with Gasteiger partial charge in [0.1, 0.15) is 0 Å². The maximum absolute atomic E-state index is 12.4. The van der Waals surface area contributed by atoms with E-state index in [-0.39, 0.29) is 12.0 Å². The maximum Gasteiger partial charge on any atom is 0.412 e. The van der Waals surface area contributed by atoms with Crippen molar-refractivity contribution in [3.8, 4) is 0 Å². The molecule has 1 atom stereocenters. The van der Waals surface area contributed by atoms with Crippen LogP contribution in [-0.4, -0.2) is 12.4 Å². The van der Waals surface area contributed by atoms with E-state index in [0.29, 0.717) is 0 Å². The minimum atomic E-state index is -4.68. The average Bonchev–Trinajstić information content (AvgIpc) is 2.14. The van der Waals surface area contributed by atoms with E-state index in [1.165, 1.54) is 6.92 Å². The SMILES string of the molecule is CCC1=CC(C(F)(F)F)CC(C(F)(F)F)=C1. The van der Waals surface area contributed by atoms with Crippen molar-refractivity contribution in [3.63, 3.8) is 0 Å². The zero-order valence-electron chi connectivity index (χ0n) is 8.41. The Kier molecular flexibility index (Phi) is 3.40. The van der Waals surface area contributed by atoms with Gasteiger partial charge in [-0.05, 0) is 12.8 Å². The molecule has 0 heterocycles. The van der Waals surface area contributed by atoms with Gasteiger partial charge in [0, 0.05) is 5.57 Å². The lowest BCUT2D eigenvalue weighted by Gasteiger charge is -2.24. The number of hydrogen-bond donors (Lipinski definition) is 0. The predicted octanol–water partition coefficient (Wildman–Crippen LogP) is 4.39. The van der Waals surface area contributed by atoms with Gasteiger partial charge in [-0.1, -0.05) is 24.6 Å². The molecule has 6 heteroatoms. The molecule has 0 aromatic carbocycles. The predicted molar refractivity (Wildman–Crippen MR) is 46.7 cm³/mol. The Hall–Kier alpha value is -0.940. The van der Waals surface area contributed by atoms with E-state index in [1.807, 2.05) is 0 Å². The summed E-state index contributed by atoms with van der Waals surface area (Å²) in [5.74, 6) is -2.02. The summed E-state index contributed by atoms with van der Waals surface area (Å²) in [6.45, 7) is 1.52. The van der Waals surface area contributed by atoms with E-state index in [0.717, 1.165) is 12.2 Å². The molecule has 0 aliphatic heterocycles. The Morgan fingerprint density at radius 1 is 1.19 bits per heavy atom. The van der Waals surface area contributed by atoms with Crippen molar-refractivity contribution < 1.29 is 26.3 Å². The van der Waals surface area contributed by atoms with Crippen LogP contribution in [0, 0.1) is 5.92 Å². The molecule has 16 heavy (non-hydrogen) atoms. The summed E-state index contributed by atoms with van der Waals surface area (Å²) in [4.78, 5) is 0. The molecule has 1 aliphatic carbocycles. The fourth-order valence-corrected chi connectivity index (χ4v) is 1.51. The Bertz CT molecular complexity index is 317. The molecule has 0 nitrogen and oxygen atoms in total. The Labute approximate surface area is 88.6 Å². The minimum Gasteiger partial charge on any atom is -0.170 e. The third-order valence-corrected chi connectivity index (χ3v) is 2.41. The first-order valence-corrected chi connectivity index (χ1v) is 4.69. The fraction of sp³-hybridized carbons (Fsp3) is 0.600. The van der Waals surface area contributed by atoms with Crippen LogP contribution >= 0.6 is 0 Å². The van der Waals surface area contributed by atoms with Crippen molar-refractivity contribution in [3.05, 3.63) is 23.3 Å². The smallest absolute Gasteiger partial charge is 0.170 e. The lowest BCUT2D eigenvalue weighted by molar-refractivity contribution is -0.166. The first kappa shape index (κ1) is 13.1. The van der Waals surface area contributed by atoms with Gasteiger partial charge in [0.15, 0.2) is 0 Å². The van der Waals surface area contributed by atoms with Crippen molar-refractivity contribution in [1.29, 1.82) is 0 Å². The number of allylic oxidation sites excluding steroid dienone is 4. The summed E-state index contributed by atoms with van der Waals surface area (Å²) in [6, 6.07) is 0. The molecule has 0 radical (unpaired) electrons. The number of alkyl halides is 6. The third-order valence-electron chi connectivity index (χ3n) is 2.41. The first-order valence-electron chi connectivity index (χ1n) is 4.69. The van der Waals surface area contributed by atoms with Gasteiger partial charge in [-0.2, -0.15) is 26.3 Å². The lowest BCUT2D eigenvalue weighted by atomic mass is 9.88. The van der Waals surface area contributed by atoms with Gasteiger partial charge in [0.2, 0.25) is 0 Å². The van der Waals surface area contributed by atoms with E-state index < -0.39 is 30.3 Å². The highest BCUT2D eigenvalue weighted by Crippen LogP contribution is 2.41. The first-order chi connectivity index (χ1) is 7.14. The molecule has 0 N–H and O–H groups in total. The maximum atomic E-state index is 12.4. The normalized spacial score (nSPS) is 22.8. The summed E-state index contributed by atoms with van der Waals surface area (Å²) >= 11 is 0. The Morgan fingerprint density at radius 3 is 2.12 bits per heavy atom. The largest absolute Gasteiger partial charge is 0.412 e. The van der Waals surface area contributed by atoms with Gasteiger partial charge < -0.3 is 0 Å². The molecule has 0 saturated heterocycles. The highest BCUT2D eigenvalue weighted by Gasteiger charge is 2.45. The van der Waals surface area contributed by atoms with E-state index in [2.05, 4.69) is 0 Å². The van der Waals surface area contributed by atoms with Gasteiger partial charge in [0.25, 0.3) is 0 Å². The van der Waals surface area contributed by atoms with Crippen LogP contribution < -0.4 is 0 Å². The van der Waals surface area contributed by atoms with Crippen molar-refractivity contribution in [1.82, 2.24) is 0 Å². The summed E-state index contributed by atoms with van der Waals surface area (Å²) in [5, 5.41) is 0. The van der Waals surface area contributed by atoms with Crippen molar-refractivity contribution >= 4 is 0 Å². The summed E-state index contributed by atoms with van der Waals surface area (Å²) < 4.78 is 74.2. The molecule has 0 fully saturated rings. The molecule has 1 unspecified atom stereocenters. The van der Waals surface area contributed by atoms with Gasteiger partial charge >= 0.3 is 12.4 Å². The second-order valence-electron chi connectivity index (χ2n) is 3.61. The van der Waals surface area contributed by atoms with Crippen LogP contribution in [0.25, 0.3) is 0 Å². The van der Waals surface area contributed by atoms with Gasteiger partial charge in [-0.3, -0.25) is 0 Å². The summed E-state index contributed by atoms with van der Waals surface area (Å²) in [7, 11) is 0. The Morgan fingerprint density at radius 2 is 1.75 bits per heavy atom. The molecule has 1 aliphatic rings. The summed E-state index contributed by atoms with van der Waals surface area (Å²) in [6.07, 6.45) is -8.48. The molecule has 0 amide bonds. The molecule has 92 valence electrons. The number of halogens is 6. The van der Waals surface area contributed by atoms with E-state index in [9.17, 15) is 26.3 Å². The third kappa shape index (κ3) is 3.02. The fourth-order valence-electron chi connectivity index (χ4n) is 1.51. The lowest BCUT2D eigenvalue weighted by Crippen LogP contribution is -2.27. The number of hydrogen-bond acceptors (Lipinski definition) is 0. The van der Waals surface area contributed by atoms with Crippen LogP contribution in [-0.2, 0) is 0 Å². The molecule has 1 rings (SSSR count). The molecular formula is C10H10F6. The molecule has 0 aromatic rings. The van der Waals surface area contributed by atoms with Crippen molar-refractivity contribution in [2.24, 2.45) is 5.92 Å². The van der Waals surface area contributed by atoms with Gasteiger partial charge in [-0.25, -0.2) is 0 Å². The van der Waals surface area contributed by atoms with E-state index >= 15 is 0 Å². The van der Waals surface area contributed by atoms with Gasteiger partial charge in [0.05, 0.1) is 5.92 Å². The van der Waals surface area contributed by atoms with Crippen LogP contribution in [0.15, 0.2) is 23.3 Å². The average molecular weight is 244 g/mol. The minimum absolute atomic E-state index is 0.0842. The number of rotatable bonds is 1. The van der Waals surface area contributed by atoms with Gasteiger partial charge in [-0.15, -0.1) is 0 Å². The van der Waals surface area contributed by atoms with Crippen LogP contribution in [0.2, 0.25) is 0 Å². The van der Waals surface area contributed by atoms with E-state index in [4.69, 9.17) is 0 Å². The van der Waals surface area contributed by atoms with Crippen molar-refractivity contribution in [2.75, 3.05) is 0 Å². The highest BCUT2D eigenvalue weighted by atomic mass is 19.4. The zero-order chi connectivity index (χ0) is 12.6. The second kappa shape index (κ2) is 4.14. The Balaban J connectivity index is 3.02. The molecular weight excluding hydrogens is 234 g/mol.